The first-order valence-electron chi connectivity index (χ1n) is 5.61. The van der Waals surface area contributed by atoms with E-state index < -0.39 is 11.0 Å². The zero-order chi connectivity index (χ0) is 12.4. The van der Waals surface area contributed by atoms with Crippen LogP contribution in [0.2, 0.25) is 0 Å². The van der Waals surface area contributed by atoms with Crippen LogP contribution >= 0.6 is 0 Å². The van der Waals surface area contributed by atoms with E-state index >= 15 is 0 Å². The third-order valence-corrected chi connectivity index (χ3v) is 2.93. The molecule has 6 heteroatoms. The SMILES string of the molecule is Cc1cnc(NCC(O)C2CC2)cc1[N+](=O)[O-]. The maximum absolute atomic E-state index is 10.7. The van der Waals surface area contributed by atoms with Gasteiger partial charge in [0.25, 0.3) is 5.69 Å². The lowest BCUT2D eigenvalue weighted by Crippen LogP contribution is -2.21. The number of hydrogen-bond donors (Lipinski definition) is 2. The molecule has 1 aliphatic rings. The average molecular weight is 237 g/mol. The second kappa shape index (κ2) is 4.67. The number of nitro groups is 1. The van der Waals surface area contributed by atoms with Crippen LogP contribution in [0.25, 0.3) is 0 Å². The van der Waals surface area contributed by atoms with Gasteiger partial charge in [-0.05, 0) is 25.7 Å². The van der Waals surface area contributed by atoms with E-state index in [4.69, 9.17) is 0 Å². The van der Waals surface area contributed by atoms with Gasteiger partial charge in [-0.25, -0.2) is 4.98 Å². The molecule has 1 aromatic rings. The molecule has 0 spiro atoms. The molecule has 1 atom stereocenters. The van der Waals surface area contributed by atoms with E-state index in [0.29, 0.717) is 23.8 Å². The third kappa shape index (κ3) is 2.91. The number of nitrogens with zero attached hydrogens (tertiary/aromatic N) is 2. The van der Waals surface area contributed by atoms with E-state index in [1.54, 1.807) is 6.92 Å². The summed E-state index contributed by atoms with van der Waals surface area (Å²) in [5.41, 5.74) is 0.576. The highest BCUT2D eigenvalue weighted by atomic mass is 16.6. The third-order valence-electron chi connectivity index (χ3n) is 2.93. The summed E-state index contributed by atoms with van der Waals surface area (Å²) in [7, 11) is 0. The number of rotatable bonds is 5. The van der Waals surface area contributed by atoms with Crippen LogP contribution in [0.3, 0.4) is 0 Å². The van der Waals surface area contributed by atoms with Crippen molar-refractivity contribution in [3.05, 3.63) is 27.9 Å². The minimum Gasteiger partial charge on any atom is -0.391 e. The summed E-state index contributed by atoms with van der Waals surface area (Å²) in [5, 5.41) is 23.3. The van der Waals surface area contributed by atoms with Gasteiger partial charge in [0.15, 0.2) is 0 Å². The molecule has 2 N–H and O–H groups in total. The first kappa shape index (κ1) is 11.8. The Bertz CT molecular complexity index is 432. The molecule has 1 aliphatic carbocycles. The van der Waals surface area contributed by atoms with Crippen LogP contribution in [0.4, 0.5) is 11.5 Å². The molecule has 1 aromatic heterocycles. The molecule has 1 saturated carbocycles. The quantitative estimate of drug-likeness (QED) is 0.598. The largest absolute Gasteiger partial charge is 0.391 e. The molecule has 0 aliphatic heterocycles. The van der Waals surface area contributed by atoms with Crippen molar-refractivity contribution in [2.75, 3.05) is 11.9 Å². The van der Waals surface area contributed by atoms with E-state index in [-0.39, 0.29) is 5.69 Å². The Kier molecular flexibility index (Phi) is 3.23. The van der Waals surface area contributed by atoms with Crippen molar-refractivity contribution in [2.45, 2.75) is 25.9 Å². The van der Waals surface area contributed by atoms with Crippen LogP contribution in [-0.4, -0.2) is 27.7 Å². The monoisotopic (exact) mass is 237 g/mol. The molecule has 1 unspecified atom stereocenters. The Hall–Kier alpha value is -1.69. The molecule has 0 bridgehead atoms. The van der Waals surface area contributed by atoms with Gasteiger partial charge in [-0.3, -0.25) is 10.1 Å². The van der Waals surface area contributed by atoms with Crippen molar-refractivity contribution >= 4 is 11.5 Å². The lowest BCUT2D eigenvalue weighted by molar-refractivity contribution is -0.385. The highest BCUT2D eigenvalue weighted by Crippen LogP contribution is 2.32. The predicted octanol–water partition coefficient (Wildman–Crippen LogP) is 1.48. The first-order valence-corrected chi connectivity index (χ1v) is 5.61. The van der Waals surface area contributed by atoms with Crippen LogP contribution in [0, 0.1) is 23.0 Å². The van der Waals surface area contributed by atoms with Gasteiger partial charge in [-0.2, -0.15) is 0 Å². The smallest absolute Gasteiger partial charge is 0.277 e. The molecule has 0 amide bonds. The first-order chi connectivity index (χ1) is 8.08. The zero-order valence-corrected chi connectivity index (χ0v) is 9.59. The summed E-state index contributed by atoms with van der Waals surface area (Å²) in [6.07, 6.45) is 3.19. The number of hydrogen-bond acceptors (Lipinski definition) is 5. The minimum absolute atomic E-state index is 0.0448. The van der Waals surface area contributed by atoms with Gasteiger partial charge in [0.05, 0.1) is 17.1 Å². The van der Waals surface area contributed by atoms with Gasteiger partial charge in [-0.15, -0.1) is 0 Å². The minimum atomic E-state index is -0.431. The van der Waals surface area contributed by atoms with Crippen molar-refractivity contribution in [3.8, 4) is 0 Å². The second-order valence-electron chi connectivity index (χ2n) is 4.40. The molecule has 0 saturated heterocycles. The fourth-order valence-electron chi connectivity index (χ4n) is 1.66. The number of aliphatic hydroxyl groups is 1. The van der Waals surface area contributed by atoms with Crippen LogP contribution in [0.15, 0.2) is 12.3 Å². The van der Waals surface area contributed by atoms with Gasteiger partial charge in [0.1, 0.15) is 5.82 Å². The lowest BCUT2D eigenvalue weighted by atomic mass is 10.2. The van der Waals surface area contributed by atoms with Gasteiger partial charge in [-0.1, -0.05) is 0 Å². The Labute approximate surface area is 98.8 Å². The lowest BCUT2D eigenvalue weighted by Gasteiger charge is -2.11. The van der Waals surface area contributed by atoms with Gasteiger partial charge < -0.3 is 10.4 Å². The molecule has 6 nitrogen and oxygen atoms in total. The van der Waals surface area contributed by atoms with Gasteiger partial charge in [0.2, 0.25) is 0 Å². The molecule has 92 valence electrons. The normalized spacial score (nSPS) is 16.6. The Morgan fingerprint density at radius 2 is 2.41 bits per heavy atom. The summed E-state index contributed by atoms with van der Waals surface area (Å²) < 4.78 is 0. The number of aryl methyl sites for hydroxylation is 1. The van der Waals surface area contributed by atoms with Gasteiger partial charge in [0, 0.05) is 18.3 Å². The fraction of sp³-hybridized carbons (Fsp3) is 0.545. The van der Waals surface area contributed by atoms with E-state index in [1.807, 2.05) is 0 Å². The number of aromatic nitrogens is 1. The standard InChI is InChI=1S/C11H15N3O3/c1-7-5-12-11(4-9(7)14(16)17)13-6-10(15)8-2-3-8/h4-5,8,10,15H,2-3,6H2,1H3,(H,12,13). The van der Waals surface area contributed by atoms with Crippen LogP contribution in [0.5, 0.6) is 0 Å². The molecular formula is C11H15N3O3. The fourth-order valence-corrected chi connectivity index (χ4v) is 1.66. The number of nitrogens with one attached hydrogen (secondary N) is 1. The van der Waals surface area contributed by atoms with Crippen molar-refractivity contribution in [1.29, 1.82) is 0 Å². The molecule has 0 radical (unpaired) electrons. The molecule has 1 fully saturated rings. The zero-order valence-electron chi connectivity index (χ0n) is 9.59. The van der Waals surface area contributed by atoms with Crippen LogP contribution in [0.1, 0.15) is 18.4 Å². The van der Waals surface area contributed by atoms with E-state index in [9.17, 15) is 15.2 Å². The summed E-state index contributed by atoms with van der Waals surface area (Å²) in [6, 6.07) is 1.40. The van der Waals surface area contributed by atoms with Crippen molar-refractivity contribution in [2.24, 2.45) is 5.92 Å². The molecule has 1 heterocycles. The number of anilines is 1. The maximum Gasteiger partial charge on any atom is 0.277 e. The second-order valence-corrected chi connectivity index (χ2v) is 4.40. The van der Waals surface area contributed by atoms with Crippen molar-refractivity contribution in [3.63, 3.8) is 0 Å². The molecule has 0 aromatic carbocycles. The Morgan fingerprint density at radius 3 is 3.00 bits per heavy atom. The van der Waals surface area contributed by atoms with E-state index in [0.717, 1.165) is 12.8 Å². The van der Waals surface area contributed by atoms with Gasteiger partial charge >= 0.3 is 0 Å². The van der Waals surface area contributed by atoms with Crippen LogP contribution in [-0.2, 0) is 0 Å². The average Bonchev–Trinajstić information content (AvgIpc) is 3.11. The maximum atomic E-state index is 10.7. The molecular weight excluding hydrogens is 222 g/mol. The molecule has 17 heavy (non-hydrogen) atoms. The molecule has 2 rings (SSSR count). The number of aliphatic hydroxyl groups excluding tert-OH is 1. The van der Waals surface area contributed by atoms with E-state index in [1.165, 1.54) is 12.3 Å². The topological polar surface area (TPSA) is 88.3 Å². The summed E-state index contributed by atoms with van der Waals surface area (Å²) in [4.78, 5) is 14.3. The van der Waals surface area contributed by atoms with E-state index in [2.05, 4.69) is 10.3 Å². The Balaban J connectivity index is 2.00. The summed E-state index contributed by atoms with van der Waals surface area (Å²) >= 11 is 0. The summed E-state index contributed by atoms with van der Waals surface area (Å²) in [5.74, 6) is 0.810. The Morgan fingerprint density at radius 1 is 1.71 bits per heavy atom. The highest BCUT2D eigenvalue weighted by Gasteiger charge is 2.29. The van der Waals surface area contributed by atoms with Crippen LogP contribution < -0.4 is 5.32 Å². The summed E-state index contributed by atoms with van der Waals surface area (Å²) in [6.45, 7) is 2.03. The van der Waals surface area contributed by atoms with Crippen molar-refractivity contribution < 1.29 is 10.0 Å². The highest BCUT2D eigenvalue weighted by molar-refractivity contribution is 5.48. The van der Waals surface area contributed by atoms with Crippen molar-refractivity contribution in [1.82, 2.24) is 4.98 Å². The predicted molar refractivity (Wildman–Crippen MR) is 62.8 cm³/mol. The number of pyridine rings is 1.